The summed E-state index contributed by atoms with van der Waals surface area (Å²) in [6, 6.07) is -0.989. The lowest BCUT2D eigenvalue weighted by Gasteiger charge is -2.48. The van der Waals surface area contributed by atoms with Crippen LogP contribution in [0.15, 0.2) is 85.1 Å². The molecule has 17 unspecified atom stereocenters. The molecule has 3 rings (SSSR count). The molecule has 3 fully saturated rings. The van der Waals surface area contributed by atoms with Crippen LogP contribution in [0, 0.1) is 0 Å². The minimum atomic E-state index is -1.98. The summed E-state index contributed by atoms with van der Waals surface area (Å²) in [5, 5.41) is 120. The minimum Gasteiger partial charge on any atom is -0.394 e. The van der Waals surface area contributed by atoms with Crippen LogP contribution < -0.4 is 5.32 Å². The summed E-state index contributed by atoms with van der Waals surface area (Å²) >= 11 is 0. The molecule has 19 nitrogen and oxygen atoms in total. The first-order chi connectivity index (χ1) is 42.8. The molecule has 3 aliphatic rings. The van der Waals surface area contributed by atoms with Crippen LogP contribution in [0.1, 0.15) is 213 Å². The van der Waals surface area contributed by atoms with Gasteiger partial charge in [-0.1, -0.05) is 221 Å². The van der Waals surface area contributed by atoms with E-state index >= 15 is 0 Å². The van der Waals surface area contributed by atoms with E-state index in [4.69, 9.17) is 28.4 Å². The SMILES string of the molecule is CC/C=C\C/C=C\C/C=C\C/C=C\C/C=C\CCCCCCCCCCCCCCCCCCCCCC(=O)NC(COC1OC(CO)C(OC2OC(CO)C(OC3OC(CO)C(O)C(O)C3O)C(O)C2O)C(O)C1O)C(O)/C=C/CC/C=C/CCCC. The highest BCUT2D eigenvalue weighted by atomic mass is 16.8. The number of ether oxygens (including phenoxy) is 6. The third-order valence-corrected chi connectivity index (χ3v) is 16.4. The van der Waals surface area contributed by atoms with Gasteiger partial charge < -0.3 is 89.9 Å². The van der Waals surface area contributed by atoms with E-state index in [0.29, 0.717) is 12.8 Å². The first kappa shape index (κ1) is 79.2. The lowest BCUT2D eigenvalue weighted by molar-refractivity contribution is -0.379. The van der Waals surface area contributed by atoms with Gasteiger partial charge in [0.2, 0.25) is 5.91 Å². The Labute approximate surface area is 527 Å². The fourth-order valence-corrected chi connectivity index (χ4v) is 10.9. The van der Waals surface area contributed by atoms with E-state index in [9.17, 15) is 61.0 Å². The zero-order chi connectivity index (χ0) is 64.0. The third kappa shape index (κ3) is 32.5. The maximum absolute atomic E-state index is 13.3. The maximum Gasteiger partial charge on any atom is 0.220 e. The second-order valence-electron chi connectivity index (χ2n) is 23.9. The molecule has 17 atom stereocenters. The maximum atomic E-state index is 13.3. The molecule has 508 valence electrons. The molecule has 3 saturated heterocycles. The van der Waals surface area contributed by atoms with Crippen LogP contribution >= 0.6 is 0 Å². The predicted octanol–water partition coefficient (Wildman–Crippen LogP) is 8.32. The summed E-state index contributed by atoms with van der Waals surface area (Å²) in [7, 11) is 0. The topological polar surface area (TPSA) is 307 Å². The fourth-order valence-electron chi connectivity index (χ4n) is 10.9. The van der Waals surface area contributed by atoms with Gasteiger partial charge in [0, 0.05) is 6.42 Å². The zero-order valence-corrected chi connectivity index (χ0v) is 53.4. The Morgan fingerprint density at radius 3 is 1.27 bits per heavy atom. The molecule has 0 saturated carbocycles. The summed E-state index contributed by atoms with van der Waals surface area (Å²) in [5.41, 5.74) is 0. The highest BCUT2D eigenvalue weighted by Crippen LogP contribution is 2.33. The Bertz CT molecular complexity index is 1930. The van der Waals surface area contributed by atoms with Crippen molar-refractivity contribution in [3.63, 3.8) is 0 Å². The van der Waals surface area contributed by atoms with Gasteiger partial charge in [-0.25, -0.2) is 0 Å². The largest absolute Gasteiger partial charge is 0.394 e. The molecule has 88 heavy (non-hydrogen) atoms. The van der Waals surface area contributed by atoms with E-state index in [1.54, 1.807) is 6.08 Å². The standard InChI is InChI=1S/C69H119NO18/c1-3-5-7-9-11-13-14-15-16-17-18-19-20-21-22-23-24-25-26-27-28-29-30-31-32-33-34-35-36-37-38-39-41-43-45-47-57(75)70-52(53(74)46-44-42-40-12-10-8-6-4-2)51-83-67-63(81)60(78)65(55(49-72)85-67)88-69-64(82)61(79)66(56(50-73)86-69)87-68-62(80)59(77)58(76)54(48-71)84-68/h5,7,10-13,15-16,18-19,21-22,44,46,52-56,58-69,71-74,76-82H,3-4,6,8-9,14,17,20,23-43,45,47-51H2,1-2H3,(H,70,75)/b7-5-,12-10+,13-11-,16-15-,19-18-,22-21-,46-44+. The van der Waals surface area contributed by atoms with Crippen LogP contribution in [0.25, 0.3) is 0 Å². The lowest BCUT2D eigenvalue weighted by atomic mass is 9.96. The van der Waals surface area contributed by atoms with Gasteiger partial charge in [0.15, 0.2) is 18.9 Å². The summed E-state index contributed by atoms with van der Waals surface area (Å²) in [4.78, 5) is 13.3. The van der Waals surface area contributed by atoms with E-state index < -0.39 is 124 Å². The van der Waals surface area contributed by atoms with Crippen molar-refractivity contribution in [1.29, 1.82) is 0 Å². The number of hydrogen-bond acceptors (Lipinski definition) is 18. The van der Waals surface area contributed by atoms with E-state index in [2.05, 4.69) is 92.1 Å². The molecule has 3 heterocycles. The number of nitrogens with one attached hydrogen (secondary N) is 1. The monoisotopic (exact) mass is 1250 g/mol. The van der Waals surface area contributed by atoms with Crippen molar-refractivity contribution < 1.29 is 89.4 Å². The van der Waals surface area contributed by atoms with Crippen molar-refractivity contribution >= 4 is 5.91 Å². The average molecular weight is 1250 g/mol. The molecular weight excluding hydrogens is 1130 g/mol. The van der Waals surface area contributed by atoms with Crippen molar-refractivity contribution in [2.24, 2.45) is 0 Å². The van der Waals surface area contributed by atoms with Crippen LogP contribution in [0.3, 0.4) is 0 Å². The second kappa shape index (κ2) is 50.5. The summed E-state index contributed by atoms with van der Waals surface area (Å²) < 4.78 is 34.2. The Morgan fingerprint density at radius 1 is 0.420 bits per heavy atom. The number of unbranched alkanes of at least 4 members (excludes halogenated alkanes) is 22. The van der Waals surface area contributed by atoms with E-state index in [1.165, 1.54) is 103 Å². The van der Waals surface area contributed by atoms with Gasteiger partial charge >= 0.3 is 0 Å². The van der Waals surface area contributed by atoms with Gasteiger partial charge in [0.25, 0.3) is 0 Å². The normalized spacial score (nSPS) is 28.9. The van der Waals surface area contributed by atoms with Crippen molar-refractivity contribution in [2.75, 3.05) is 26.4 Å². The summed E-state index contributed by atoms with van der Waals surface area (Å²) in [6.07, 6.45) is 37.7. The van der Waals surface area contributed by atoms with E-state index in [-0.39, 0.29) is 18.9 Å². The van der Waals surface area contributed by atoms with Crippen LogP contribution in [0.5, 0.6) is 0 Å². The van der Waals surface area contributed by atoms with Gasteiger partial charge in [-0.15, -0.1) is 0 Å². The summed E-state index contributed by atoms with van der Waals surface area (Å²) in [5.74, 6) is -0.290. The smallest absolute Gasteiger partial charge is 0.220 e. The number of carbonyl (C=O) groups excluding carboxylic acids is 1. The van der Waals surface area contributed by atoms with Crippen LogP contribution in [-0.2, 0) is 33.2 Å². The molecule has 1 amide bonds. The molecule has 0 spiro atoms. The van der Waals surface area contributed by atoms with Gasteiger partial charge in [0.1, 0.15) is 73.2 Å². The second-order valence-corrected chi connectivity index (χ2v) is 23.9. The molecule has 0 aromatic carbocycles. The first-order valence-electron chi connectivity index (χ1n) is 33.8. The number of aliphatic hydroxyl groups excluding tert-OH is 11. The highest BCUT2D eigenvalue weighted by Gasteiger charge is 2.53. The number of aliphatic hydroxyl groups is 11. The van der Waals surface area contributed by atoms with Gasteiger partial charge in [-0.2, -0.15) is 0 Å². The predicted molar refractivity (Wildman–Crippen MR) is 341 cm³/mol. The summed E-state index contributed by atoms with van der Waals surface area (Å²) in [6.45, 7) is 1.49. The number of rotatable bonds is 50. The lowest BCUT2D eigenvalue weighted by Crippen LogP contribution is -2.66. The molecule has 0 aromatic rings. The molecule has 19 heteroatoms. The van der Waals surface area contributed by atoms with Gasteiger partial charge in [-0.3, -0.25) is 4.79 Å². The van der Waals surface area contributed by atoms with Crippen LogP contribution in [0.2, 0.25) is 0 Å². The van der Waals surface area contributed by atoms with Crippen LogP contribution in [0.4, 0.5) is 0 Å². The molecule has 0 bridgehead atoms. The van der Waals surface area contributed by atoms with Crippen molar-refractivity contribution in [2.45, 2.75) is 317 Å². The zero-order valence-electron chi connectivity index (χ0n) is 53.4. The Balaban J connectivity index is 1.30. The number of amides is 1. The molecule has 0 aliphatic carbocycles. The molecule has 12 N–H and O–H groups in total. The first-order valence-corrected chi connectivity index (χ1v) is 33.8. The van der Waals surface area contributed by atoms with Crippen molar-refractivity contribution in [3.8, 4) is 0 Å². The number of allylic oxidation sites excluding steroid dienone is 13. The highest BCUT2D eigenvalue weighted by molar-refractivity contribution is 5.76. The van der Waals surface area contributed by atoms with Gasteiger partial charge in [-0.05, 0) is 70.6 Å². The van der Waals surface area contributed by atoms with Crippen molar-refractivity contribution in [1.82, 2.24) is 5.32 Å². The van der Waals surface area contributed by atoms with Crippen molar-refractivity contribution in [3.05, 3.63) is 85.1 Å². The molecule has 0 radical (unpaired) electrons. The minimum absolute atomic E-state index is 0.233. The van der Waals surface area contributed by atoms with Gasteiger partial charge in [0.05, 0.1) is 38.6 Å². The Hall–Kier alpha value is -3.03. The molecule has 3 aliphatic heterocycles. The number of hydrogen-bond donors (Lipinski definition) is 12. The van der Waals surface area contributed by atoms with E-state index in [1.807, 2.05) is 6.08 Å². The average Bonchev–Trinajstić information content (AvgIpc) is 1.15. The Morgan fingerprint density at radius 2 is 0.795 bits per heavy atom. The quantitative estimate of drug-likeness (QED) is 0.0201. The van der Waals surface area contributed by atoms with E-state index in [0.717, 1.165) is 77.0 Å². The molecular formula is C69H119NO18. The third-order valence-electron chi connectivity index (χ3n) is 16.4. The molecule has 0 aromatic heterocycles. The van der Waals surface area contributed by atoms with Crippen LogP contribution in [-0.4, -0.2) is 193 Å². The Kier molecular flexibility index (Phi) is 45.5. The fraction of sp³-hybridized carbons (Fsp3) is 0.783. The number of carbonyl (C=O) groups is 1.